The maximum atomic E-state index is 10.9. The zero-order valence-electron chi connectivity index (χ0n) is 9.12. The van der Waals surface area contributed by atoms with E-state index in [-0.39, 0.29) is 5.56 Å². The molecule has 15 heavy (non-hydrogen) atoms. The van der Waals surface area contributed by atoms with E-state index in [1.807, 2.05) is 13.0 Å². The van der Waals surface area contributed by atoms with Crippen LogP contribution in [-0.4, -0.2) is 17.7 Å². The molecule has 1 N–H and O–H groups in total. The number of rotatable bonds is 5. The van der Waals surface area contributed by atoms with Gasteiger partial charge in [0.25, 0.3) is 0 Å². The molecule has 1 aromatic rings. The van der Waals surface area contributed by atoms with E-state index in [1.54, 1.807) is 12.1 Å². The first kappa shape index (κ1) is 11.6. The maximum absolute atomic E-state index is 10.9. The third-order valence-electron chi connectivity index (χ3n) is 2.12. The third-order valence-corrected chi connectivity index (χ3v) is 2.12. The van der Waals surface area contributed by atoms with E-state index in [4.69, 9.17) is 9.84 Å². The highest BCUT2D eigenvalue weighted by Gasteiger charge is 2.10. The minimum atomic E-state index is -0.940. The molecule has 0 bridgehead atoms. The minimum Gasteiger partial charge on any atom is -0.493 e. The zero-order valence-corrected chi connectivity index (χ0v) is 9.12. The third kappa shape index (κ3) is 3.27. The van der Waals surface area contributed by atoms with Crippen LogP contribution in [0.1, 0.15) is 35.7 Å². The Morgan fingerprint density at radius 1 is 1.47 bits per heavy atom. The van der Waals surface area contributed by atoms with Crippen molar-refractivity contribution >= 4 is 5.97 Å². The molecular formula is C12H16O3. The summed E-state index contributed by atoms with van der Waals surface area (Å²) in [6, 6.07) is 5.20. The average molecular weight is 208 g/mol. The first-order valence-electron chi connectivity index (χ1n) is 5.12. The van der Waals surface area contributed by atoms with E-state index in [0.717, 1.165) is 18.4 Å². The molecule has 0 saturated carbocycles. The van der Waals surface area contributed by atoms with Crippen molar-refractivity contribution in [2.24, 2.45) is 0 Å². The Balaban J connectivity index is 2.81. The van der Waals surface area contributed by atoms with Gasteiger partial charge in [-0.1, -0.05) is 25.0 Å². The summed E-state index contributed by atoms with van der Waals surface area (Å²) in [4.78, 5) is 10.9. The molecule has 0 aliphatic carbocycles. The molecular weight excluding hydrogens is 192 g/mol. The van der Waals surface area contributed by atoms with Gasteiger partial charge in [-0.3, -0.25) is 0 Å². The fraction of sp³-hybridized carbons (Fsp3) is 0.417. The van der Waals surface area contributed by atoms with Crippen LogP contribution in [0, 0.1) is 6.92 Å². The van der Waals surface area contributed by atoms with Gasteiger partial charge < -0.3 is 9.84 Å². The first-order valence-corrected chi connectivity index (χ1v) is 5.12. The molecule has 0 aromatic heterocycles. The summed E-state index contributed by atoms with van der Waals surface area (Å²) in [6.07, 6.45) is 1.97. The number of benzene rings is 1. The summed E-state index contributed by atoms with van der Waals surface area (Å²) < 4.78 is 5.41. The van der Waals surface area contributed by atoms with Crippen LogP contribution in [0.5, 0.6) is 5.75 Å². The molecule has 1 aromatic carbocycles. The van der Waals surface area contributed by atoms with Crippen molar-refractivity contribution in [3.63, 3.8) is 0 Å². The number of unbranched alkanes of at least 4 members (excludes halogenated alkanes) is 1. The lowest BCUT2D eigenvalue weighted by Crippen LogP contribution is -2.04. The fourth-order valence-corrected chi connectivity index (χ4v) is 1.26. The Bertz CT molecular complexity index is 345. The normalized spacial score (nSPS) is 10.0. The van der Waals surface area contributed by atoms with Gasteiger partial charge in [0, 0.05) is 0 Å². The summed E-state index contributed by atoms with van der Waals surface area (Å²) in [5, 5.41) is 8.97. The highest BCUT2D eigenvalue weighted by Crippen LogP contribution is 2.20. The molecule has 0 aliphatic rings. The monoisotopic (exact) mass is 208 g/mol. The van der Waals surface area contributed by atoms with Gasteiger partial charge in [0.2, 0.25) is 0 Å². The van der Waals surface area contributed by atoms with Crippen LogP contribution in [0.2, 0.25) is 0 Å². The van der Waals surface area contributed by atoms with Gasteiger partial charge >= 0.3 is 5.97 Å². The molecule has 3 heteroatoms. The molecule has 0 unspecified atom stereocenters. The number of aryl methyl sites for hydroxylation is 1. The van der Waals surface area contributed by atoms with Crippen LogP contribution in [0.25, 0.3) is 0 Å². The van der Waals surface area contributed by atoms with Gasteiger partial charge in [-0.15, -0.1) is 0 Å². The van der Waals surface area contributed by atoms with Crippen molar-refractivity contribution in [1.29, 1.82) is 0 Å². The number of carboxylic acids is 1. The molecule has 1 rings (SSSR count). The zero-order chi connectivity index (χ0) is 11.3. The second-order valence-corrected chi connectivity index (χ2v) is 3.51. The summed E-state index contributed by atoms with van der Waals surface area (Å²) >= 11 is 0. The predicted octanol–water partition coefficient (Wildman–Crippen LogP) is 2.87. The highest BCUT2D eigenvalue weighted by atomic mass is 16.5. The van der Waals surface area contributed by atoms with Crippen LogP contribution < -0.4 is 4.74 Å². The molecule has 82 valence electrons. The average Bonchev–Trinajstić information content (AvgIpc) is 2.20. The van der Waals surface area contributed by atoms with E-state index in [1.165, 1.54) is 0 Å². The molecule has 0 heterocycles. The van der Waals surface area contributed by atoms with Gasteiger partial charge in [-0.25, -0.2) is 4.79 Å². The summed E-state index contributed by atoms with van der Waals surface area (Å²) in [5.74, 6) is -0.480. The van der Waals surface area contributed by atoms with Crippen molar-refractivity contribution in [2.75, 3.05) is 6.61 Å². The van der Waals surface area contributed by atoms with Crippen LogP contribution in [0.15, 0.2) is 18.2 Å². The van der Waals surface area contributed by atoms with Gasteiger partial charge in [0.05, 0.1) is 6.61 Å². The molecule has 0 saturated heterocycles. The molecule has 0 aliphatic heterocycles. The van der Waals surface area contributed by atoms with E-state index in [9.17, 15) is 4.79 Å². The van der Waals surface area contributed by atoms with Gasteiger partial charge in [0.15, 0.2) is 0 Å². The summed E-state index contributed by atoms with van der Waals surface area (Å²) in [5.41, 5.74) is 1.17. The second kappa shape index (κ2) is 5.39. The van der Waals surface area contributed by atoms with Crippen molar-refractivity contribution in [3.8, 4) is 5.75 Å². The molecule has 0 atom stereocenters. The second-order valence-electron chi connectivity index (χ2n) is 3.51. The van der Waals surface area contributed by atoms with E-state index in [0.29, 0.717) is 12.4 Å². The number of hydrogen-bond donors (Lipinski definition) is 1. The van der Waals surface area contributed by atoms with Crippen LogP contribution in [0.4, 0.5) is 0 Å². The molecule has 0 spiro atoms. The first-order chi connectivity index (χ1) is 7.15. The topological polar surface area (TPSA) is 46.5 Å². The van der Waals surface area contributed by atoms with Gasteiger partial charge in [-0.2, -0.15) is 0 Å². The van der Waals surface area contributed by atoms with E-state index < -0.39 is 5.97 Å². The highest BCUT2D eigenvalue weighted by molar-refractivity contribution is 5.91. The van der Waals surface area contributed by atoms with Crippen LogP contribution in [0.3, 0.4) is 0 Å². The Morgan fingerprint density at radius 3 is 2.80 bits per heavy atom. The Hall–Kier alpha value is -1.51. The van der Waals surface area contributed by atoms with Crippen molar-refractivity contribution in [2.45, 2.75) is 26.7 Å². The largest absolute Gasteiger partial charge is 0.493 e. The van der Waals surface area contributed by atoms with E-state index >= 15 is 0 Å². The Labute approximate surface area is 89.7 Å². The number of carboxylic acid groups (broad SMARTS) is 1. The summed E-state index contributed by atoms with van der Waals surface area (Å²) in [7, 11) is 0. The molecule has 0 amide bonds. The number of carbonyl (C=O) groups is 1. The molecule has 0 radical (unpaired) electrons. The standard InChI is InChI=1S/C12H16O3/c1-3-4-7-15-11-6-5-9(2)8-10(11)12(13)14/h5-6,8H,3-4,7H2,1-2H3,(H,13,14). The maximum Gasteiger partial charge on any atom is 0.339 e. The SMILES string of the molecule is CCCCOc1ccc(C)cc1C(=O)O. The van der Waals surface area contributed by atoms with Crippen molar-refractivity contribution in [3.05, 3.63) is 29.3 Å². The van der Waals surface area contributed by atoms with Crippen molar-refractivity contribution in [1.82, 2.24) is 0 Å². The fourth-order valence-electron chi connectivity index (χ4n) is 1.26. The lowest BCUT2D eigenvalue weighted by molar-refractivity contribution is 0.0692. The Kier molecular flexibility index (Phi) is 4.16. The number of ether oxygens (including phenoxy) is 1. The van der Waals surface area contributed by atoms with Crippen LogP contribution in [-0.2, 0) is 0 Å². The number of hydrogen-bond acceptors (Lipinski definition) is 2. The lowest BCUT2D eigenvalue weighted by Gasteiger charge is -2.08. The van der Waals surface area contributed by atoms with E-state index in [2.05, 4.69) is 6.92 Å². The van der Waals surface area contributed by atoms with Gasteiger partial charge in [0.1, 0.15) is 11.3 Å². The summed E-state index contributed by atoms with van der Waals surface area (Å²) in [6.45, 7) is 4.50. The van der Waals surface area contributed by atoms with Crippen molar-refractivity contribution < 1.29 is 14.6 Å². The number of aromatic carboxylic acids is 1. The molecule has 0 fully saturated rings. The van der Waals surface area contributed by atoms with Gasteiger partial charge in [-0.05, 0) is 25.5 Å². The smallest absolute Gasteiger partial charge is 0.339 e. The Morgan fingerprint density at radius 2 is 2.20 bits per heavy atom. The van der Waals surface area contributed by atoms with Crippen LogP contribution >= 0.6 is 0 Å². The predicted molar refractivity (Wildman–Crippen MR) is 58.5 cm³/mol. The quantitative estimate of drug-likeness (QED) is 0.757. The minimum absolute atomic E-state index is 0.242. The molecule has 3 nitrogen and oxygen atoms in total. The lowest BCUT2D eigenvalue weighted by atomic mass is 10.1.